The molecule has 0 fully saturated rings. The summed E-state index contributed by atoms with van der Waals surface area (Å²) in [5, 5.41) is 4.60. The van der Waals surface area contributed by atoms with Crippen molar-refractivity contribution in [2.75, 3.05) is 21.3 Å². The molecule has 164 valence electrons. The van der Waals surface area contributed by atoms with Crippen molar-refractivity contribution < 1.29 is 19.0 Å². The van der Waals surface area contributed by atoms with Crippen molar-refractivity contribution >= 4 is 28.8 Å². The van der Waals surface area contributed by atoms with Gasteiger partial charge in [-0.15, -0.1) is 0 Å². The Morgan fingerprint density at radius 3 is 2.26 bits per heavy atom. The minimum Gasteiger partial charge on any atom is -0.493 e. The Morgan fingerprint density at radius 2 is 1.65 bits per heavy atom. The third kappa shape index (κ3) is 4.85. The minimum absolute atomic E-state index is 0.306. The van der Waals surface area contributed by atoms with E-state index in [-0.39, 0.29) is 5.91 Å². The molecule has 0 heterocycles. The second kappa shape index (κ2) is 9.88. The van der Waals surface area contributed by atoms with Crippen LogP contribution in [-0.2, 0) is 11.2 Å². The van der Waals surface area contributed by atoms with Crippen LogP contribution >= 0.6 is 11.6 Å². The summed E-state index contributed by atoms with van der Waals surface area (Å²) in [6, 6.07) is 7.72. The quantitative estimate of drug-likeness (QED) is 0.517. The summed E-state index contributed by atoms with van der Waals surface area (Å²) in [6.45, 7) is 4.13. The maximum absolute atomic E-state index is 12.8. The number of methoxy groups -OCH3 is 3. The Morgan fingerprint density at radius 1 is 1.00 bits per heavy atom. The van der Waals surface area contributed by atoms with E-state index in [1.807, 2.05) is 6.92 Å². The van der Waals surface area contributed by atoms with E-state index in [1.165, 1.54) is 17.3 Å². The van der Waals surface area contributed by atoms with Crippen LogP contribution in [0.3, 0.4) is 0 Å². The maximum Gasteiger partial charge on any atom is 0.268 e. The number of ether oxygens (including phenoxy) is 3. The molecule has 1 aliphatic rings. The second-order valence-electron chi connectivity index (χ2n) is 7.40. The Balaban J connectivity index is 1.83. The molecule has 3 rings (SSSR count). The highest BCUT2D eigenvalue weighted by atomic mass is 35.5. The summed E-state index contributed by atoms with van der Waals surface area (Å²) in [5.41, 5.74) is 8.32. The van der Waals surface area contributed by atoms with Crippen LogP contribution in [-0.4, -0.2) is 33.5 Å². The van der Waals surface area contributed by atoms with E-state index >= 15 is 0 Å². The highest BCUT2D eigenvalue weighted by Crippen LogP contribution is 2.38. The van der Waals surface area contributed by atoms with Crippen molar-refractivity contribution in [2.24, 2.45) is 5.10 Å². The van der Waals surface area contributed by atoms with E-state index in [0.717, 1.165) is 24.0 Å². The van der Waals surface area contributed by atoms with Crippen molar-refractivity contribution in [3.63, 3.8) is 0 Å². The van der Waals surface area contributed by atoms with Gasteiger partial charge in [-0.05, 0) is 73.6 Å². The number of nitrogens with zero attached hydrogens (tertiary/aromatic N) is 1. The average molecular weight is 443 g/mol. The molecule has 6 nitrogen and oxygen atoms in total. The number of benzene rings is 2. The van der Waals surface area contributed by atoms with E-state index in [9.17, 15) is 4.79 Å². The first-order chi connectivity index (χ1) is 14.9. The molecule has 0 atom stereocenters. The predicted molar refractivity (Wildman–Crippen MR) is 123 cm³/mol. The van der Waals surface area contributed by atoms with Gasteiger partial charge in [-0.25, -0.2) is 5.43 Å². The smallest absolute Gasteiger partial charge is 0.268 e. The van der Waals surface area contributed by atoms with Crippen molar-refractivity contribution in [3.05, 3.63) is 57.7 Å². The second-order valence-corrected chi connectivity index (χ2v) is 7.78. The minimum atomic E-state index is -0.306. The van der Waals surface area contributed by atoms with Crippen molar-refractivity contribution in [2.45, 2.75) is 33.1 Å². The molecule has 0 saturated heterocycles. The van der Waals surface area contributed by atoms with Crippen LogP contribution in [0.4, 0.5) is 0 Å². The van der Waals surface area contributed by atoms with Gasteiger partial charge in [0.1, 0.15) is 0 Å². The van der Waals surface area contributed by atoms with Crippen molar-refractivity contribution in [1.82, 2.24) is 5.43 Å². The number of hydrogen-bond donors (Lipinski definition) is 1. The zero-order valence-corrected chi connectivity index (χ0v) is 19.2. The molecule has 31 heavy (non-hydrogen) atoms. The summed E-state index contributed by atoms with van der Waals surface area (Å²) < 4.78 is 16.0. The fourth-order valence-corrected chi connectivity index (χ4v) is 3.99. The van der Waals surface area contributed by atoms with Gasteiger partial charge in [0.2, 0.25) is 5.75 Å². The first kappa shape index (κ1) is 22.7. The van der Waals surface area contributed by atoms with Crippen LogP contribution in [0.2, 0.25) is 0 Å². The molecule has 0 bridgehead atoms. The van der Waals surface area contributed by atoms with Gasteiger partial charge in [0.15, 0.2) is 11.5 Å². The number of carbonyl (C=O) groups is 1. The number of hydrogen-bond acceptors (Lipinski definition) is 5. The number of carbonyl (C=O) groups excluding carboxylic acids is 1. The van der Waals surface area contributed by atoms with Crippen LogP contribution < -0.4 is 19.6 Å². The lowest BCUT2D eigenvalue weighted by Crippen LogP contribution is -2.20. The lowest BCUT2D eigenvalue weighted by atomic mass is 9.98. The summed E-state index contributed by atoms with van der Waals surface area (Å²) >= 11 is 6.67. The zero-order chi connectivity index (χ0) is 22.5. The molecule has 0 aromatic heterocycles. The lowest BCUT2D eigenvalue weighted by molar-refractivity contribution is -0.117. The molecule has 7 heteroatoms. The van der Waals surface area contributed by atoms with Gasteiger partial charge in [0.25, 0.3) is 5.91 Å². The monoisotopic (exact) mass is 442 g/mol. The van der Waals surface area contributed by atoms with Crippen LogP contribution in [0.1, 0.15) is 40.7 Å². The third-order valence-corrected chi connectivity index (χ3v) is 5.87. The van der Waals surface area contributed by atoms with E-state index < -0.39 is 0 Å². The van der Waals surface area contributed by atoms with Gasteiger partial charge < -0.3 is 14.2 Å². The highest BCUT2D eigenvalue weighted by molar-refractivity contribution is 6.51. The number of aryl methyl sites for hydroxylation is 3. The number of amides is 1. The van der Waals surface area contributed by atoms with Crippen LogP contribution in [0.15, 0.2) is 34.9 Å². The molecule has 2 aromatic carbocycles. The van der Waals surface area contributed by atoms with Gasteiger partial charge in [-0.3, -0.25) is 4.79 Å². The number of fused-ring (bicyclic) bond motifs is 1. The maximum atomic E-state index is 12.8. The van der Waals surface area contributed by atoms with E-state index in [1.54, 1.807) is 33.5 Å². The number of halogens is 1. The van der Waals surface area contributed by atoms with Gasteiger partial charge in [-0.2, -0.15) is 5.10 Å². The summed E-state index contributed by atoms with van der Waals surface area (Å²) in [7, 11) is 4.63. The van der Waals surface area contributed by atoms with E-state index in [4.69, 9.17) is 25.8 Å². The Hall–Kier alpha value is -2.99. The van der Waals surface area contributed by atoms with Gasteiger partial charge >= 0.3 is 0 Å². The summed E-state index contributed by atoms with van der Waals surface area (Å²) in [6.07, 6.45) is 3.86. The SMILES string of the molecule is COc1cc(/C=N\NC(=O)C2=C(Cl)c3cc(C)c(C)cc3CCC2)cc(OC)c1OC. The molecule has 0 spiro atoms. The topological polar surface area (TPSA) is 69.2 Å². The van der Waals surface area contributed by atoms with Gasteiger partial charge in [0, 0.05) is 11.1 Å². The van der Waals surface area contributed by atoms with E-state index in [2.05, 4.69) is 29.6 Å². The molecule has 1 aliphatic carbocycles. The van der Waals surface area contributed by atoms with E-state index in [0.29, 0.717) is 39.8 Å². The average Bonchev–Trinajstić information content (AvgIpc) is 2.92. The van der Waals surface area contributed by atoms with Crippen LogP contribution in [0.25, 0.3) is 5.03 Å². The normalized spacial score (nSPS) is 13.6. The highest BCUT2D eigenvalue weighted by Gasteiger charge is 2.21. The largest absolute Gasteiger partial charge is 0.493 e. The first-order valence-corrected chi connectivity index (χ1v) is 10.4. The first-order valence-electron chi connectivity index (χ1n) is 10.0. The van der Waals surface area contributed by atoms with Crippen LogP contribution in [0.5, 0.6) is 17.2 Å². The Labute approximate surface area is 187 Å². The molecule has 1 N–H and O–H groups in total. The summed E-state index contributed by atoms with van der Waals surface area (Å²) in [5.74, 6) is 1.20. The van der Waals surface area contributed by atoms with Crippen molar-refractivity contribution in [1.29, 1.82) is 0 Å². The molecule has 1 amide bonds. The Bertz CT molecular complexity index is 1030. The standard InChI is InChI=1S/C24H27ClN2O4/c1-14-9-17-7-6-8-18(22(25)19(17)10-15(14)2)24(28)27-26-13-16-11-20(29-3)23(31-5)21(12-16)30-4/h9-13H,6-8H2,1-5H3,(H,27,28)/b26-13-. The predicted octanol–water partition coefficient (Wildman–Crippen LogP) is 4.77. The Kier molecular flexibility index (Phi) is 7.23. The van der Waals surface area contributed by atoms with Gasteiger partial charge in [0.05, 0.1) is 32.6 Å². The fourth-order valence-electron chi connectivity index (χ4n) is 3.64. The lowest BCUT2D eigenvalue weighted by Gasteiger charge is -2.12. The zero-order valence-electron chi connectivity index (χ0n) is 18.5. The van der Waals surface area contributed by atoms with Crippen molar-refractivity contribution in [3.8, 4) is 17.2 Å². The molecule has 0 saturated carbocycles. The number of hydrazone groups is 1. The molecule has 0 aliphatic heterocycles. The molecular weight excluding hydrogens is 416 g/mol. The summed E-state index contributed by atoms with van der Waals surface area (Å²) in [4.78, 5) is 12.8. The fraction of sp³-hybridized carbons (Fsp3) is 0.333. The molecule has 2 aromatic rings. The number of nitrogens with one attached hydrogen (secondary N) is 1. The number of rotatable bonds is 6. The van der Waals surface area contributed by atoms with Gasteiger partial charge in [-0.1, -0.05) is 17.7 Å². The molecular formula is C24H27ClN2O4. The molecule has 0 radical (unpaired) electrons. The van der Waals surface area contributed by atoms with Crippen LogP contribution in [0, 0.1) is 13.8 Å². The third-order valence-electron chi connectivity index (χ3n) is 5.43. The molecule has 0 unspecified atom stereocenters.